The zero-order valence-electron chi connectivity index (χ0n) is 7.83. The molecule has 0 aromatic rings. The lowest BCUT2D eigenvalue weighted by molar-refractivity contribution is -0.167. The van der Waals surface area contributed by atoms with Crippen molar-refractivity contribution in [2.24, 2.45) is 5.41 Å². The van der Waals surface area contributed by atoms with Crippen molar-refractivity contribution >= 4 is 18.2 Å². The minimum atomic E-state index is -0.991. The second kappa shape index (κ2) is 4.59. The highest BCUT2D eigenvalue weighted by Crippen LogP contribution is 2.14. The molecule has 0 bridgehead atoms. The van der Waals surface area contributed by atoms with Crippen molar-refractivity contribution in [1.82, 2.24) is 0 Å². The van der Waals surface area contributed by atoms with Gasteiger partial charge in [-0.3, -0.25) is 9.59 Å². The van der Waals surface area contributed by atoms with Gasteiger partial charge >= 0.3 is 5.97 Å². The van der Waals surface area contributed by atoms with Crippen LogP contribution in [-0.4, -0.2) is 25.0 Å². The van der Waals surface area contributed by atoms with Gasteiger partial charge in [-0.1, -0.05) is 20.8 Å². The summed E-state index contributed by atoms with van der Waals surface area (Å²) in [6, 6.07) is 0. The van der Waals surface area contributed by atoms with Crippen LogP contribution in [0, 0.1) is 5.41 Å². The van der Waals surface area contributed by atoms with Gasteiger partial charge in [0.15, 0.2) is 0 Å². The van der Waals surface area contributed by atoms with E-state index in [1.54, 1.807) is 20.8 Å². The lowest BCUT2D eigenvalue weighted by Crippen LogP contribution is -2.30. The van der Waals surface area contributed by atoms with E-state index < -0.39 is 24.0 Å². The Hall–Kier alpha value is -1.39. The van der Waals surface area contributed by atoms with Crippen LogP contribution in [0.4, 0.5) is 0 Å². The molecule has 5 nitrogen and oxygen atoms in total. The van der Waals surface area contributed by atoms with E-state index >= 15 is 0 Å². The maximum atomic E-state index is 11.1. The van der Waals surface area contributed by atoms with Gasteiger partial charge in [0.2, 0.25) is 12.6 Å². The second-order valence-electron chi connectivity index (χ2n) is 3.39. The standard InChI is InChI=1S/C8H12O5/c1-8(2,3)6(10)7(11)13-5-12-4-9/h4H,5H2,1-3H3. The SMILES string of the molecule is CC(C)(C)C(=O)C(=O)OCOC=O. The fourth-order valence-electron chi connectivity index (χ4n) is 0.487. The molecule has 0 saturated heterocycles. The predicted octanol–water partition coefficient (Wildman–Crippen LogP) is 0.275. The molecule has 0 aliphatic carbocycles. The summed E-state index contributed by atoms with van der Waals surface area (Å²) in [6.07, 6.45) is 0. The van der Waals surface area contributed by atoms with E-state index in [-0.39, 0.29) is 6.47 Å². The molecule has 13 heavy (non-hydrogen) atoms. The Balaban J connectivity index is 3.98. The van der Waals surface area contributed by atoms with Gasteiger partial charge < -0.3 is 9.47 Å². The molecule has 0 unspecified atom stereocenters. The van der Waals surface area contributed by atoms with Gasteiger partial charge in [-0.15, -0.1) is 0 Å². The molecule has 0 aliphatic heterocycles. The van der Waals surface area contributed by atoms with Crippen LogP contribution in [0.3, 0.4) is 0 Å². The average Bonchev–Trinajstić information content (AvgIpc) is 2.01. The number of esters is 1. The Morgan fingerprint density at radius 2 is 1.85 bits per heavy atom. The Kier molecular flexibility index (Phi) is 4.10. The van der Waals surface area contributed by atoms with Crippen molar-refractivity contribution in [1.29, 1.82) is 0 Å². The molecule has 5 heteroatoms. The number of carbonyl (C=O) groups excluding carboxylic acids is 3. The Morgan fingerprint density at radius 1 is 1.31 bits per heavy atom. The van der Waals surface area contributed by atoms with Crippen molar-refractivity contribution in [3.05, 3.63) is 0 Å². The van der Waals surface area contributed by atoms with Crippen LogP contribution in [0.2, 0.25) is 0 Å². The van der Waals surface area contributed by atoms with Gasteiger partial charge in [0, 0.05) is 5.41 Å². The molecule has 0 spiro atoms. The van der Waals surface area contributed by atoms with Crippen LogP contribution < -0.4 is 0 Å². The minimum absolute atomic E-state index is 0.134. The van der Waals surface area contributed by atoms with Crippen molar-refractivity contribution in [3.63, 3.8) is 0 Å². The molecule has 0 aromatic carbocycles. The summed E-state index contributed by atoms with van der Waals surface area (Å²) in [5.41, 5.74) is -0.780. The van der Waals surface area contributed by atoms with Crippen LogP contribution >= 0.6 is 0 Å². The van der Waals surface area contributed by atoms with Crippen LogP contribution in [0.15, 0.2) is 0 Å². The third kappa shape index (κ3) is 4.25. The van der Waals surface area contributed by atoms with E-state index in [9.17, 15) is 14.4 Å². The molecule has 0 aliphatic rings. The van der Waals surface area contributed by atoms with Crippen LogP contribution in [0.1, 0.15) is 20.8 Å². The first-order chi connectivity index (χ1) is 5.89. The number of ether oxygens (including phenoxy) is 2. The third-order valence-corrected chi connectivity index (χ3v) is 1.19. The maximum absolute atomic E-state index is 11.1. The largest absolute Gasteiger partial charge is 0.430 e. The van der Waals surface area contributed by atoms with E-state index in [0.717, 1.165) is 0 Å². The number of Topliss-reactive ketones (excluding diaryl/α,β-unsaturated/α-hetero) is 1. The van der Waals surface area contributed by atoms with Crippen molar-refractivity contribution < 1.29 is 23.9 Å². The highest BCUT2D eigenvalue weighted by molar-refractivity contribution is 6.35. The molecule has 0 fully saturated rings. The first kappa shape index (κ1) is 11.6. The van der Waals surface area contributed by atoms with Gasteiger partial charge in [-0.25, -0.2) is 4.79 Å². The van der Waals surface area contributed by atoms with E-state index in [0.29, 0.717) is 0 Å². The molecule has 0 radical (unpaired) electrons. The number of hydrogen-bond acceptors (Lipinski definition) is 5. The minimum Gasteiger partial charge on any atom is -0.430 e. The monoisotopic (exact) mass is 188 g/mol. The summed E-state index contributed by atoms with van der Waals surface area (Å²) < 4.78 is 8.42. The van der Waals surface area contributed by atoms with Gasteiger partial charge in [0.05, 0.1) is 0 Å². The predicted molar refractivity (Wildman–Crippen MR) is 42.6 cm³/mol. The molecule has 0 heterocycles. The molecule has 0 aromatic heterocycles. The summed E-state index contributed by atoms with van der Waals surface area (Å²) >= 11 is 0. The molecular weight excluding hydrogens is 176 g/mol. The van der Waals surface area contributed by atoms with Crippen molar-refractivity contribution in [3.8, 4) is 0 Å². The van der Waals surface area contributed by atoms with E-state index in [1.165, 1.54) is 0 Å². The Bertz CT molecular complexity index is 213. The molecule has 0 rings (SSSR count). The summed E-state index contributed by atoms with van der Waals surface area (Å²) in [4.78, 5) is 31.7. The molecule has 0 saturated carbocycles. The zero-order valence-corrected chi connectivity index (χ0v) is 7.83. The third-order valence-electron chi connectivity index (χ3n) is 1.19. The fraction of sp³-hybridized carbons (Fsp3) is 0.625. The number of ketones is 1. The number of carbonyl (C=O) groups is 3. The van der Waals surface area contributed by atoms with Crippen molar-refractivity contribution in [2.75, 3.05) is 6.79 Å². The molecule has 0 atom stereocenters. The first-order valence-electron chi connectivity index (χ1n) is 3.66. The van der Waals surface area contributed by atoms with Gasteiger partial charge in [-0.2, -0.15) is 0 Å². The first-order valence-corrected chi connectivity index (χ1v) is 3.66. The van der Waals surface area contributed by atoms with Crippen molar-refractivity contribution in [2.45, 2.75) is 20.8 Å². The Morgan fingerprint density at radius 3 is 2.23 bits per heavy atom. The van der Waals surface area contributed by atoms with Gasteiger partial charge in [-0.05, 0) is 0 Å². The fourth-order valence-corrected chi connectivity index (χ4v) is 0.487. The van der Waals surface area contributed by atoms with Crippen LogP contribution in [-0.2, 0) is 23.9 Å². The number of hydrogen-bond donors (Lipinski definition) is 0. The van der Waals surface area contributed by atoms with E-state index in [1.807, 2.05) is 0 Å². The normalized spacial score (nSPS) is 10.4. The van der Waals surface area contributed by atoms with Gasteiger partial charge in [0.25, 0.3) is 6.47 Å². The molecule has 74 valence electrons. The Labute approximate surface area is 76.0 Å². The maximum Gasteiger partial charge on any atom is 0.378 e. The van der Waals surface area contributed by atoms with Gasteiger partial charge in [0.1, 0.15) is 0 Å². The molecule has 0 N–H and O–H groups in total. The number of rotatable bonds is 4. The highest BCUT2D eigenvalue weighted by atomic mass is 16.7. The van der Waals surface area contributed by atoms with Crippen LogP contribution in [0.5, 0.6) is 0 Å². The second-order valence-corrected chi connectivity index (χ2v) is 3.39. The average molecular weight is 188 g/mol. The van der Waals surface area contributed by atoms with Crippen LogP contribution in [0.25, 0.3) is 0 Å². The zero-order chi connectivity index (χ0) is 10.5. The summed E-state index contributed by atoms with van der Waals surface area (Å²) in [7, 11) is 0. The summed E-state index contributed by atoms with van der Waals surface area (Å²) in [5, 5.41) is 0. The smallest absolute Gasteiger partial charge is 0.378 e. The lowest BCUT2D eigenvalue weighted by Gasteiger charge is -2.14. The summed E-state index contributed by atoms with van der Waals surface area (Å²) in [5.74, 6) is -1.64. The van der Waals surface area contributed by atoms with E-state index in [4.69, 9.17) is 0 Å². The quantitative estimate of drug-likeness (QED) is 0.208. The summed E-state index contributed by atoms with van der Waals surface area (Å²) in [6.45, 7) is 4.39. The van der Waals surface area contributed by atoms with E-state index in [2.05, 4.69) is 9.47 Å². The lowest BCUT2D eigenvalue weighted by atomic mass is 9.91. The topological polar surface area (TPSA) is 69.7 Å². The highest BCUT2D eigenvalue weighted by Gasteiger charge is 2.29. The molecular formula is C8H12O5. The molecule has 0 amide bonds.